The monoisotopic (exact) mass is 175 g/mol. The molecule has 0 aliphatic rings. The molecule has 0 radical (unpaired) electrons. The van der Waals surface area contributed by atoms with Gasteiger partial charge < -0.3 is 0 Å². The van der Waals surface area contributed by atoms with Gasteiger partial charge in [-0.3, -0.25) is 5.10 Å². The second kappa shape index (κ2) is 3.15. The van der Waals surface area contributed by atoms with Gasteiger partial charge in [0.2, 0.25) is 0 Å². The Kier molecular flexibility index (Phi) is 3.13. The zero-order valence-electron chi connectivity index (χ0n) is 2.98. The van der Waals surface area contributed by atoms with Crippen LogP contribution in [0, 0.1) is 0 Å². The molecule has 36 valence electrons. The predicted octanol–water partition coefficient (Wildman–Crippen LogP) is 0.407. The quantitative estimate of drug-likeness (QED) is 0.569. The van der Waals surface area contributed by atoms with Crippen molar-refractivity contribution in [2.45, 2.75) is 0 Å². The van der Waals surface area contributed by atoms with E-state index in [4.69, 9.17) is 0 Å². The van der Waals surface area contributed by atoms with E-state index in [1.807, 2.05) is 6.07 Å². The molecule has 0 atom stereocenters. The summed E-state index contributed by atoms with van der Waals surface area (Å²) >= 11 is 0. The van der Waals surface area contributed by atoms with Crippen LogP contribution < -0.4 is 0 Å². The number of H-pyrrole nitrogens is 1. The standard InChI is InChI=1S/C3H4N2.Ag/c1-2-4-5-3-1;/h1-3H,(H,4,5);/q;+1. The number of aromatic nitrogens is 2. The molecule has 0 spiro atoms. The molecule has 1 aromatic rings. The van der Waals surface area contributed by atoms with E-state index >= 15 is 0 Å². The van der Waals surface area contributed by atoms with Crippen molar-refractivity contribution in [1.82, 2.24) is 10.2 Å². The molecule has 1 rings (SSSR count). The Morgan fingerprint density at radius 2 is 2.33 bits per heavy atom. The molecule has 2 nitrogen and oxygen atoms in total. The first-order valence-electron chi connectivity index (χ1n) is 1.44. The summed E-state index contributed by atoms with van der Waals surface area (Å²) in [6.45, 7) is 0. The van der Waals surface area contributed by atoms with E-state index in [0.29, 0.717) is 0 Å². The molecule has 6 heavy (non-hydrogen) atoms. The van der Waals surface area contributed by atoms with Gasteiger partial charge in [0.15, 0.2) is 0 Å². The summed E-state index contributed by atoms with van der Waals surface area (Å²) in [5.41, 5.74) is 0. The molecular formula is C3H4AgN2+. The van der Waals surface area contributed by atoms with E-state index in [9.17, 15) is 0 Å². The summed E-state index contributed by atoms with van der Waals surface area (Å²) < 4.78 is 0. The molecule has 0 bridgehead atoms. The fraction of sp³-hybridized carbons (Fsp3) is 0. The van der Waals surface area contributed by atoms with Gasteiger partial charge in [-0.1, -0.05) is 0 Å². The minimum absolute atomic E-state index is 0. The molecule has 0 saturated carbocycles. The number of aromatic amines is 1. The maximum absolute atomic E-state index is 3.60. The average Bonchev–Trinajstić information content (AvgIpc) is 1.76. The van der Waals surface area contributed by atoms with Crippen molar-refractivity contribution < 1.29 is 22.4 Å². The fourth-order valence-corrected chi connectivity index (χ4v) is 0.215. The van der Waals surface area contributed by atoms with Gasteiger partial charge in [-0.25, -0.2) is 0 Å². The third kappa shape index (κ3) is 1.40. The van der Waals surface area contributed by atoms with E-state index in [0.717, 1.165) is 0 Å². The minimum atomic E-state index is 0. The van der Waals surface area contributed by atoms with Crippen LogP contribution in [-0.2, 0) is 22.4 Å². The van der Waals surface area contributed by atoms with Gasteiger partial charge in [-0.15, -0.1) is 0 Å². The first kappa shape index (κ1) is 5.95. The summed E-state index contributed by atoms with van der Waals surface area (Å²) in [6, 6.07) is 1.83. The van der Waals surface area contributed by atoms with E-state index < -0.39 is 0 Å². The third-order valence-corrected chi connectivity index (χ3v) is 0.406. The zero-order valence-corrected chi connectivity index (χ0v) is 4.46. The smallest absolute Gasteiger partial charge is 0.286 e. The van der Waals surface area contributed by atoms with Gasteiger partial charge in [0.05, 0.1) is 0 Å². The molecule has 0 amide bonds. The Morgan fingerprint density at radius 1 is 1.50 bits per heavy atom. The van der Waals surface area contributed by atoms with Crippen molar-refractivity contribution in [2.24, 2.45) is 0 Å². The molecule has 0 aliphatic carbocycles. The Bertz CT molecular complexity index is 65.3. The third-order valence-electron chi connectivity index (χ3n) is 0.406. The van der Waals surface area contributed by atoms with Gasteiger partial charge in [-0.05, 0) is 6.07 Å². The molecule has 1 aromatic heterocycles. The zero-order chi connectivity index (χ0) is 3.54. The number of nitrogens with one attached hydrogen (secondary N) is 1. The molecule has 0 aromatic carbocycles. The fourth-order valence-electron chi connectivity index (χ4n) is 0.215. The average molecular weight is 176 g/mol. The van der Waals surface area contributed by atoms with Crippen LogP contribution in [0.4, 0.5) is 0 Å². The normalized spacial score (nSPS) is 6.67. The predicted molar refractivity (Wildman–Crippen MR) is 18.6 cm³/mol. The van der Waals surface area contributed by atoms with E-state index in [1.165, 1.54) is 0 Å². The molecule has 0 saturated heterocycles. The number of nitrogens with zero attached hydrogens (tertiary/aromatic N) is 1. The maximum Gasteiger partial charge on any atom is 1.00 e. The van der Waals surface area contributed by atoms with Crippen LogP contribution >= 0.6 is 0 Å². The summed E-state index contributed by atoms with van der Waals surface area (Å²) in [4.78, 5) is 0. The van der Waals surface area contributed by atoms with Gasteiger partial charge in [-0.2, -0.15) is 5.10 Å². The molecule has 0 unspecified atom stereocenters. The maximum atomic E-state index is 3.60. The molecule has 0 aliphatic heterocycles. The van der Waals surface area contributed by atoms with Crippen molar-refractivity contribution in [1.29, 1.82) is 0 Å². The Balaban J connectivity index is 0.000000250. The van der Waals surface area contributed by atoms with Crippen LogP contribution in [-0.4, -0.2) is 10.2 Å². The summed E-state index contributed by atoms with van der Waals surface area (Å²) in [5.74, 6) is 0. The van der Waals surface area contributed by atoms with E-state index in [-0.39, 0.29) is 22.4 Å². The summed E-state index contributed by atoms with van der Waals surface area (Å²) in [5, 5.41) is 6.21. The van der Waals surface area contributed by atoms with Crippen molar-refractivity contribution in [3.05, 3.63) is 18.5 Å². The van der Waals surface area contributed by atoms with E-state index in [1.54, 1.807) is 12.4 Å². The number of hydrogen-bond acceptors (Lipinski definition) is 1. The number of hydrogen-bond donors (Lipinski definition) is 1. The first-order chi connectivity index (χ1) is 2.50. The Labute approximate surface area is 51.5 Å². The van der Waals surface area contributed by atoms with Crippen molar-refractivity contribution in [2.75, 3.05) is 0 Å². The summed E-state index contributed by atoms with van der Waals surface area (Å²) in [6.07, 6.45) is 3.46. The van der Waals surface area contributed by atoms with Crippen LogP contribution in [0.25, 0.3) is 0 Å². The van der Waals surface area contributed by atoms with Gasteiger partial charge in [0.1, 0.15) is 0 Å². The molecule has 0 fully saturated rings. The second-order valence-electron chi connectivity index (χ2n) is 0.766. The largest absolute Gasteiger partial charge is 1.00 e. The minimum Gasteiger partial charge on any atom is -0.286 e. The topological polar surface area (TPSA) is 28.7 Å². The van der Waals surface area contributed by atoms with Crippen LogP contribution in [0.3, 0.4) is 0 Å². The SMILES string of the molecule is [Ag+].c1cn[nH]c1. The molecular weight excluding hydrogens is 172 g/mol. The van der Waals surface area contributed by atoms with Gasteiger partial charge in [0.25, 0.3) is 0 Å². The molecule has 1 N–H and O–H groups in total. The first-order valence-corrected chi connectivity index (χ1v) is 1.44. The van der Waals surface area contributed by atoms with Crippen LogP contribution in [0.5, 0.6) is 0 Å². The van der Waals surface area contributed by atoms with Gasteiger partial charge in [0, 0.05) is 12.4 Å². The Hall–Kier alpha value is -0.0497. The van der Waals surface area contributed by atoms with Crippen LogP contribution in [0.15, 0.2) is 18.5 Å². The van der Waals surface area contributed by atoms with Crippen molar-refractivity contribution in [3.8, 4) is 0 Å². The van der Waals surface area contributed by atoms with Crippen molar-refractivity contribution >= 4 is 0 Å². The second-order valence-corrected chi connectivity index (χ2v) is 0.766. The van der Waals surface area contributed by atoms with E-state index in [2.05, 4.69) is 10.2 Å². The number of rotatable bonds is 0. The van der Waals surface area contributed by atoms with Crippen molar-refractivity contribution in [3.63, 3.8) is 0 Å². The van der Waals surface area contributed by atoms with Crippen LogP contribution in [0.1, 0.15) is 0 Å². The Morgan fingerprint density at radius 3 is 2.50 bits per heavy atom. The van der Waals surface area contributed by atoms with Crippen LogP contribution in [0.2, 0.25) is 0 Å². The molecule has 1 heterocycles. The molecule has 3 heteroatoms. The summed E-state index contributed by atoms with van der Waals surface area (Å²) in [7, 11) is 0. The van der Waals surface area contributed by atoms with Gasteiger partial charge >= 0.3 is 22.4 Å².